The summed E-state index contributed by atoms with van der Waals surface area (Å²) in [5, 5.41) is 16.3. The number of carbonyl (C=O) groups is 1. The van der Waals surface area contributed by atoms with Crippen LogP contribution in [0.25, 0.3) is 0 Å². The summed E-state index contributed by atoms with van der Waals surface area (Å²) in [6.07, 6.45) is 5.75. The zero-order chi connectivity index (χ0) is 16.3. The van der Waals surface area contributed by atoms with E-state index in [0.717, 1.165) is 16.5 Å². The Labute approximate surface area is 138 Å². The largest absolute Gasteiger partial charge is 0.386 e. The summed E-state index contributed by atoms with van der Waals surface area (Å²) >= 11 is 1.53. The van der Waals surface area contributed by atoms with Gasteiger partial charge in [-0.2, -0.15) is 0 Å². The van der Waals surface area contributed by atoms with Crippen molar-refractivity contribution in [2.75, 3.05) is 24.5 Å². The summed E-state index contributed by atoms with van der Waals surface area (Å²) in [5.41, 5.74) is -0.171. The Balaban J connectivity index is 1.51. The number of nitrogens with zero attached hydrogens (tertiary/aromatic N) is 4. The van der Waals surface area contributed by atoms with E-state index in [1.165, 1.54) is 11.3 Å². The molecule has 122 valence electrons. The number of anilines is 1. The van der Waals surface area contributed by atoms with Crippen LogP contribution < -0.4 is 10.2 Å². The molecule has 0 radical (unpaired) electrons. The maximum absolute atomic E-state index is 12.0. The lowest BCUT2D eigenvalue weighted by Gasteiger charge is -2.24. The average molecular weight is 333 g/mol. The summed E-state index contributed by atoms with van der Waals surface area (Å²) in [6.45, 7) is 3.26. The van der Waals surface area contributed by atoms with Crippen molar-refractivity contribution in [1.82, 2.24) is 20.3 Å². The van der Waals surface area contributed by atoms with Crippen molar-refractivity contribution in [1.29, 1.82) is 0 Å². The van der Waals surface area contributed by atoms with Gasteiger partial charge in [-0.3, -0.25) is 9.78 Å². The van der Waals surface area contributed by atoms with E-state index in [4.69, 9.17) is 0 Å². The van der Waals surface area contributed by atoms with Crippen molar-refractivity contribution in [3.8, 4) is 0 Å². The first-order valence-electron chi connectivity index (χ1n) is 7.45. The molecule has 3 heterocycles. The number of thiazole rings is 1. The van der Waals surface area contributed by atoms with Crippen LogP contribution in [-0.4, -0.2) is 51.2 Å². The molecule has 0 spiro atoms. The molecule has 7 nitrogen and oxygen atoms in total. The highest BCUT2D eigenvalue weighted by molar-refractivity contribution is 7.09. The number of nitrogens with one attached hydrogen (secondary N) is 1. The fraction of sp³-hybridized carbons (Fsp3) is 0.467. The van der Waals surface area contributed by atoms with E-state index < -0.39 is 5.60 Å². The summed E-state index contributed by atoms with van der Waals surface area (Å²) in [4.78, 5) is 26.5. The molecule has 8 heteroatoms. The molecule has 1 aliphatic rings. The zero-order valence-corrected chi connectivity index (χ0v) is 13.7. The molecule has 0 aromatic carbocycles. The number of hydrogen-bond acceptors (Lipinski definition) is 7. The van der Waals surface area contributed by atoms with Crippen LogP contribution in [0.3, 0.4) is 0 Å². The van der Waals surface area contributed by atoms with Crippen molar-refractivity contribution in [2.45, 2.75) is 25.4 Å². The lowest BCUT2D eigenvalue weighted by molar-refractivity contribution is -0.121. The smallest absolute Gasteiger partial charge is 0.226 e. The minimum Gasteiger partial charge on any atom is -0.386 e. The van der Waals surface area contributed by atoms with Gasteiger partial charge in [0.05, 0.1) is 23.3 Å². The highest BCUT2D eigenvalue weighted by atomic mass is 32.1. The van der Waals surface area contributed by atoms with Crippen LogP contribution in [0.4, 0.5) is 5.82 Å². The molecule has 3 rings (SSSR count). The van der Waals surface area contributed by atoms with E-state index in [1.807, 2.05) is 17.2 Å². The molecule has 1 fully saturated rings. The second kappa shape index (κ2) is 6.59. The van der Waals surface area contributed by atoms with E-state index >= 15 is 0 Å². The summed E-state index contributed by atoms with van der Waals surface area (Å²) in [6, 6.07) is 0. The summed E-state index contributed by atoms with van der Waals surface area (Å²) in [5.74, 6) is 0.620. The molecule has 1 amide bonds. The molecule has 1 atom stereocenters. The first-order valence-corrected chi connectivity index (χ1v) is 8.33. The van der Waals surface area contributed by atoms with Crippen molar-refractivity contribution in [3.63, 3.8) is 0 Å². The number of carbonyl (C=O) groups excluding carboxylic acids is 1. The first-order chi connectivity index (χ1) is 11.0. The van der Waals surface area contributed by atoms with E-state index in [-0.39, 0.29) is 18.9 Å². The van der Waals surface area contributed by atoms with Gasteiger partial charge in [0, 0.05) is 37.4 Å². The lowest BCUT2D eigenvalue weighted by Crippen LogP contribution is -2.45. The Kier molecular flexibility index (Phi) is 4.53. The van der Waals surface area contributed by atoms with Crippen molar-refractivity contribution in [2.24, 2.45) is 0 Å². The quantitative estimate of drug-likeness (QED) is 0.830. The third kappa shape index (κ3) is 4.02. The monoisotopic (exact) mass is 333 g/mol. The molecule has 1 saturated heterocycles. The van der Waals surface area contributed by atoms with Crippen molar-refractivity contribution in [3.05, 3.63) is 34.7 Å². The number of amides is 1. The maximum atomic E-state index is 12.0. The Morgan fingerprint density at radius 1 is 1.52 bits per heavy atom. The van der Waals surface area contributed by atoms with Gasteiger partial charge in [-0.05, 0) is 13.3 Å². The van der Waals surface area contributed by atoms with E-state index in [0.29, 0.717) is 19.5 Å². The molecule has 1 aliphatic heterocycles. The van der Waals surface area contributed by atoms with Crippen LogP contribution in [0.2, 0.25) is 0 Å². The van der Waals surface area contributed by atoms with Gasteiger partial charge >= 0.3 is 0 Å². The standard InChI is InChI=1S/C15H19N5O2S/c1-11-19-12(8-23-11)6-14(21)18-9-15(22)2-5-20(10-15)13-7-16-3-4-17-13/h3-4,7-8,22H,2,5-6,9-10H2,1H3,(H,18,21). The number of aryl methyl sites for hydroxylation is 1. The molecule has 0 aliphatic carbocycles. The van der Waals surface area contributed by atoms with Crippen LogP contribution in [-0.2, 0) is 11.2 Å². The SMILES string of the molecule is Cc1nc(CC(=O)NCC2(O)CCN(c3cnccn3)C2)cs1. The van der Waals surface area contributed by atoms with Crippen molar-refractivity contribution < 1.29 is 9.90 Å². The predicted molar refractivity (Wildman–Crippen MR) is 87.4 cm³/mol. The molecule has 2 aromatic rings. The van der Waals surface area contributed by atoms with Gasteiger partial charge in [0.2, 0.25) is 5.91 Å². The van der Waals surface area contributed by atoms with Crippen LogP contribution in [0.15, 0.2) is 24.0 Å². The molecule has 2 aromatic heterocycles. The number of β-amino-alcohol motifs (C(OH)–C–C–N with tert-alkyl or cyclic N) is 1. The average Bonchev–Trinajstić information content (AvgIpc) is 3.13. The van der Waals surface area contributed by atoms with Crippen LogP contribution in [0.1, 0.15) is 17.1 Å². The van der Waals surface area contributed by atoms with Crippen molar-refractivity contribution >= 4 is 23.1 Å². The van der Waals surface area contributed by atoms with E-state index in [1.54, 1.807) is 18.6 Å². The van der Waals surface area contributed by atoms with Gasteiger partial charge in [0.15, 0.2) is 0 Å². The van der Waals surface area contributed by atoms with Gasteiger partial charge in [0.25, 0.3) is 0 Å². The van der Waals surface area contributed by atoms with Crippen LogP contribution in [0, 0.1) is 6.92 Å². The highest BCUT2D eigenvalue weighted by Gasteiger charge is 2.37. The third-order valence-electron chi connectivity index (χ3n) is 3.83. The molecule has 0 saturated carbocycles. The molecule has 1 unspecified atom stereocenters. The Hall–Kier alpha value is -2.06. The molecular formula is C15H19N5O2S. The fourth-order valence-corrected chi connectivity index (χ4v) is 3.24. The highest BCUT2D eigenvalue weighted by Crippen LogP contribution is 2.24. The van der Waals surface area contributed by atoms with Gasteiger partial charge in [-0.15, -0.1) is 11.3 Å². The predicted octanol–water partition coefficient (Wildman–Crippen LogP) is 0.542. The van der Waals surface area contributed by atoms with E-state index in [9.17, 15) is 9.90 Å². The van der Waals surface area contributed by atoms with Gasteiger partial charge in [-0.25, -0.2) is 9.97 Å². The summed E-state index contributed by atoms with van der Waals surface area (Å²) < 4.78 is 0. The topological polar surface area (TPSA) is 91.2 Å². The minimum atomic E-state index is -0.939. The second-order valence-corrected chi connectivity index (χ2v) is 6.83. The maximum Gasteiger partial charge on any atom is 0.226 e. The summed E-state index contributed by atoms with van der Waals surface area (Å²) in [7, 11) is 0. The number of aromatic nitrogens is 3. The van der Waals surface area contributed by atoms with Gasteiger partial charge < -0.3 is 15.3 Å². The number of rotatable bonds is 5. The molecule has 23 heavy (non-hydrogen) atoms. The normalized spacial score (nSPS) is 20.7. The van der Waals surface area contributed by atoms with Gasteiger partial charge in [0.1, 0.15) is 11.4 Å². The Morgan fingerprint density at radius 2 is 2.39 bits per heavy atom. The van der Waals surface area contributed by atoms with E-state index in [2.05, 4.69) is 20.3 Å². The Bertz CT molecular complexity index is 678. The van der Waals surface area contributed by atoms with Crippen LogP contribution >= 0.6 is 11.3 Å². The molecule has 0 bridgehead atoms. The zero-order valence-electron chi connectivity index (χ0n) is 12.9. The minimum absolute atomic E-state index is 0.123. The van der Waals surface area contributed by atoms with Crippen LogP contribution in [0.5, 0.6) is 0 Å². The number of hydrogen-bond donors (Lipinski definition) is 2. The van der Waals surface area contributed by atoms with Gasteiger partial charge in [-0.1, -0.05) is 0 Å². The lowest BCUT2D eigenvalue weighted by atomic mass is 10.0. The fourth-order valence-electron chi connectivity index (χ4n) is 2.63. The number of aliphatic hydroxyl groups is 1. The third-order valence-corrected chi connectivity index (χ3v) is 4.65. The molecular weight excluding hydrogens is 314 g/mol. The first kappa shape index (κ1) is 15.8. The molecule has 2 N–H and O–H groups in total. The second-order valence-electron chi connectivity index (χ2n) is 5.77. The Morgan fingerprint density at radius 3 is 3.09 bits per heavy atom.